The summed E-state index contributed by atoms with van der Waals surface area (Å²) in [7, 11) is 0. The second-order valence-electron chi connectivity index (χ2n) is 5.16. The van der Waals surface area contributed by atoms with Crippen molar-refractivity contribution < 1.29 is 4.79 Å². The Bertz CT molecular complexity index is 572. The average molecular weight is 266 g/mol. The second-order valence-corrected chi connectivity index (χ2v) is 5.16. The molecule has 0 bridgehead atoms. The lowest BCUT2D eigenvalue weighted by molar-refractivity contribution is 0.0992. The highest BCUT2D eigenvalue weighted by Crippen LogP contribution is 2.20. The fourth-order valence-electron chi connectivity index (χ4n) is 2.60. The van der Waals surface area contributed by atoms with Gasteiger partial charge in [-0.3, -0.25) is 9.78 Å². The highest BCUT2D eigenvalue weighted by molar-refractivity contribution is 5.97. The summed E-state index contributed by atoms with van der Waals surface area (Å²) in [5.41, 5.74) is 2.80. The maximum Gasteiger partial charge on any atom is 0.168 e. The highest BCUT2D eigenvalue weighted by atomic mass is 16.1. The molecule has 1 aliphatic rings. The first kappa shape index (κ1) is 12.9. The summed E-state index contributed by atoms with van der Waals surface area (Å²) in [6, 6.07) is 13.6. The van der Waals surface area contributed by atoms with Gasteiger partial charge in [0.15, 0.2) is 5.78 Å². The van der Waals surface area contributed by atoms with Crippen LogP contribution in [0.25, 0.3) is 0 Å². The van der Waals surface area contributed by atoms with Crippen LogP contribution >= 0.6 is 0 Å². The number of nitrogens with zero attached hydrogens (tertiary/aromatic N) is 2. The fraction of sp³-hybridized carbons (Fsp3) is 0.294. The van der Waals surface area contributed by atoms with Crippen molar-refractivity contribution in [3.8, 4) is 0 Å². The van der Waals surface area contributed by atoms with Crippen LogP contribution < -0.4 is 4.90 Å². The molecule has 102 valence electrons. The van der Waals surface area contributed by atoms with Crippen molar-refractivity contribution in [2.24, 2.45) is 0 Å². The summed E-state index contributed by atoms with van der Waals surface area (Å²) in [4.78, 5) is 18.8. The summed E-state index contributed by atoms with van der Waals surface area (Å²) in [6.07, 6.45) is 4.61. The molecule has 3 heteroatoms. The number of carbonyl (C=O) groups excluding carboxylic acids is 1. The Labute approximate surface area is 119 Å². The fourth-order valence-corrected chi connectivity index (χ4v) is 2.60. The molecule has 2 aromatic rings. The molecular formula is C17H18N2O. The van der Waals surface area contributed by atoms with Crippen LogP contribution in [0.3, 0.4) is 0 Å². The minimum Gasteiger partial charge on any atom is -0.372 e. The third-order valence-corrected chi connectivity index (χ3v) is 3.73. The highest BCUT2D eigenvalue weighted by Gasteiger charge is 2.13. The third kappa shape index (κ3) is 2.87. The zero-order valence-corrected chi connectivity index (χ0v) is 11.5. The molecule has 0 aliphatic carbocycles. The molecule has 0 N–H and O–H groups in total. The lowest BCUT2D eigenvalue weighted by Crippen LogP contribution is -2.17. The summed E-state index contributed by atoms with van der Waals surface area (Å²) in [5, 5.41) is 0. The number of ketones is 1. The zero-order valence-electron chi connectivity index (χ0n) is 11.5. The van der Waals surface area contributed by atoms with Crippen LogP contribution in [-0.4, -0.2) is 23.9 Å². The van der Waals surface area contributed by atoms with Gasteiger partial charge in [0.1, 0.15) is 0 Å². The number of pyridine rings is 1. The summed E-state index contributed by atoms with van der Waals surface area (Å²) in [5.74, 6) is 0.122. The molecule has 20 heavy (non-hydrogen) atoms. The van der Waals surface area contributed by atoms with Gasteiger partial charge in [0.2, 0.25) is 0 Å². The SMILES string of the molecule is O=C(Cc1ccccn1)c1ccc(N2CCCC2)cc1. The molecule has 1 aromatic heterocycles. The van der Waals surface area contributed by atoms with Gasteiger partial charge in [-0.15, -0.1) is 0 Å². The van der Waals surface area contributed by atoms with Crippen molar-refractivity contribution in [1.29, 1.82) is 0 Å². The van der Waals surface area contributed by atoms with Gasteiger partial charge in [-0.05, 0) is 49.2 Å². The number of aromatic nitrogens is 1. The van der Waals surface area contributed by atoms with E-state index in [1.54, 1.807) is 6.20 Å². The number of anilines is 1. The summed E-state index contributed by atoms with van der Waals surface area (Å²) < 4.78 is 0. The van der Waals surface area contributed by atoms with Crippen molar-refractivity contribution in [2.45, 2.75) is 19.3 Å². The van der Waals surface area contributed by atoms with Gasteiger partial charge in [-0.1, -0.05) is 6.07 Å². The van der Waals surface area contributed by atoms with Crippen LogP contribution in [0.5, 0.6) is 0 Å². The van der Waals surface area contributed by atoms with E-state index in [0.29, 0.717) is 6.42 Å². The minimum atomic E-state index is 0.122. The number of benzene rings is 1. The summed E-state index contributed by atoms with van der Waals surface area (Å²) >= 11 is 0. The van der Waals surface area contributed by atoms with Gasteiger partial charge in [0, 0.05) is 36.2 Å². The normalized spacial score (nSPS) is 14.5. The Hall–Kier alpha value is -2.16. The molecule has 3 rings (SSSR count). The lowest BCUT2D eigenvalue weighted by Gasteiger charge is -2.17. The smallest absolute Gasteiger partial charge is 0.168 e. The zero-order chi connectivity index (χ0) is 13.8. The number of carbonyl (C=O) groups is 1. The van der Waals surface area contributed by atoms with E-state index in [-0.39, 0.29) is 5.78 Å². The largest absolute Gasteiger partial charge is 0.372 e. The lowest BCUT2D eigenvalue weighted by atomic mass is 10.1. The van der Waals surface area contributed by atoms with Gasteiger partial charge in [-0.2, -0.15) is 0 Å². The van der Waals surface area contributed by atoms with Crippen molar-refractivity contribution in [2.75, 3.05) is 18.0 Å². The van der Waals surface area contributed by atoms with Gasteiger partial charge < -0.3 is 4.90 Å². The van der Waals surface area contributed by atoms with E-state index in [4.69, 9.17) is 0 Å². The van der Waals surface area contributed by atoms with Crippen molar-refractivity contribution >= 4 is 11.5 Å². The molecule has 1 fully saturated rings. The Morgan fingerprint density at radius 3 is 2.45 bits per heavy atom. The molecule has 2 heterocycles. The van der Waals surface area contributed by atoms with E-state index in [1.165, 1.54) is 18.5 Å². The number of hydrogen-bond donors (Lipinski definition) is 0. The standard InChI is InChI=1S/C17H18N2O/c20-17(13-15-5-1-2-10-18-15)14-6-8-16(9-7-14)19-11-3-4-12-19/h1-2,5-10H,3-4,11-13H2. The second kappa shape index (κ2) is 5.87. The molecule has 0 saturated carbocycles. The number of hydrogen-bond acceptors (Lipinski definition) is 3. The molecule has 1 aliphatic heterocycles. The maximum absolute atomic E-state index is 12.2. The van der Waals surface area contributed by atoms with Crippen LogP contribution in [-0.2, 0) is 6.42 Å². The Kier molecular flexibility index (Phi) is 3.77. The molecular weight excluding hydrogens is 248 g/mol. The van der Waals surface area contributed by atoms with Crippen molar-refractivity contribution in [3.63, 3.8) is 0 Å². The van der Waals surface area contributed by atoms with Gasteiger partial charge in [-0.25, -0.2) is 0 Å². The van der Waals surface area contributed by atoms with Gasteiger partial charge in [0.05, 0.1) is 6.42 Å². The molecule has 1 saturated heterocycles. The van der Waals surface area contributed by atoms with E-state index < -0.39 is 0 Å². The molecule has 0 spiro atoms. The van der Waals surface area contributed by atoms with E-state index >= 15 is 0 Å². The molecule has 0 radical (unpaired) electrons. The van der Waals surface area contributed by atoms with Crippen molar-refractivity contribution in [3.05, 3.63) is 59.9 Å². The van der Waals surface area contributed by atoms with Crippen LogP contribution in [0, 0.1) is 0 Å². The topological polar surface area (TPSA) is 33.2 Å². The third-order valence-electron chi connectivity index (χ3n) is 3.73. The predicted molar refractivity (Wildman–Crippen MR) is 80.2 cm³/mol. The van der Waals surface area contributed by atoms with Crippen molar-refractivity contribution in [1.82, 2.24) is 4.98 Å². The first-order chi connectivity index (χ1) is 9.83. The van der Waals surface area contributed by atoms with Gasteiger partial charge in [0.25, 0.3) is 0 Å². The minimum absolute atomic E-state index is 0.122. The molecule has 0 amide bonds. The van der Waals surface area contributed by atoms with Gasteiger partial charge >= 0.3 is 0 Å². The van der Waals surface area contributed by atoms with E-state index in [0.717, 1.165) is 24.3 Å². The Morgan fingerprint density at radius 2 is 1.80 bits per heavy atom. The molecule has 0 unspecified atom stereocenters. The van der Waals surface area contributed by atoms with Crippen LogP contribution in [0.4, 0.5) is 5.69 Å². The molecule has 3 nitrogen and oxygen atoms in total. The Morgan fingerprint density at radius 1 is 1.05 bits per heavy atom. The maximum atomic E-state index is 12.2. The van der Waals surface area contributed by atoms with Crippen LogP contribution in [0.1, 0.15) is 28.9 Å². The van der Waals surface area contributed by atoms with E-state index in [2.05, 4.69) is 22.0 Å². The van der Waals surface area contributed by atoms with E-state index in [1.807, 2.05) is 30.3 Å². The number of Topliss-reactive ketones (excluding diaryl/α,β-unsaturated/α-hetero) is 1. The number of rotatable bonds is 4. The van der Waals surface area contributed by atoms with Crippen LogP contribution in [0.2, 0.25) is 0 Å². The monoisotopic (exact) mass is 266 g/mol. The first-order valence-electron chi connectivity index (χ1n) is 7.11. The predicted octanol–water partition coefficient (Wildman–Crippen LogP) is 3.11. The summed E-state index contributed by atoms with van der Waals surface area (Å²) in [6.45, 7) is 2.25. The Balaban J connectivity index is 1.69. The molecule has 1 aromatic carbocycles. The first-order valence-corrected chi connectivity index (χ1v) is 7.11. The quantitative estimate of drug-likeness (QED) is 0.797. The van der Waals surface area contributed by atoms with Crippen LogP contribution in [0.15, 0.2) is 48.7 Å². The average Bonchev–Trinajstić information content (AvgIpc) is 3.03. The molecule has 0 atom stereocenters. The van der Waals surface area contributed by atoms with E-state index in [9.17, 15) is 4.79 Å².